The number of benzene rings is 1. The Morgan fingerprint density at radius 1 is 1.21 bits per heavy atom. The number of amides is 1. The van der Waals surface area contributed by atoms with E-state index in [1.807, 2.05) is 49.7 Å². The predicted octanol–water partition coefficient (Wildman–Crippen LogP) is 4.35. The molecule has 1 N–H and O–H groups in total. The molecule has 7 heteroatoms. The fourth-order valence-electron chi connectivity index (χ4n) is 2.94. The van der Waals surface area contributed by atoms with Crippen LogP contribution >= 0.6 is 0 Å². The summed E-state index contributed by atoms with van der Waals surface area (Å²) in [4.78, 5) is 12.7. The number of aromatic nitrogens is 3. The van der Waals surface area contributed by atoms with Crippen molar-refractivity contribution in [3.05, 3.63) is 58.1 Å². The van der Waals surface area contributed by atoms with E-state index in [0.29, 0.717) is 17.1 Å². The van der Waals surface area contributed by atoms with E-state index in [4.69, 9.17) is 9.26 Å². The maximum absolute atomic E-state index is 12.7. The van der Waals surface area contributed by atoms with Crippen molar-refractivity contribution in [3.8, 4) is 5.75 Å². The number of hydrogen-bond acceptors (Lipinski definition) is 5. The lowest BCUT2D eigenvalue weighted by Gasteiger charge is -2.10. The predicted molar refractivity (Wildman–Crippen MR) is 107 cm³/mol. The molecule has 28 heavy (non-hydrogen) atoms. The smallest absolute Gasteiger partial charge is 0.279 e. The monoisotopic (exact) mass is 382 g/mol. The molecule has 2 heterocycles. The molecule has 0 unspecified atom stereocenters. The summed E-state index contributed by atoms with van der Waals surface area (Å²) in [5, 5.41) is 11.1. The van der Waals surface area contributed by atoms with E-state index in [-0.39, 0.29) is 18.2 Å². The number of nitrogens with zero attached hydrogens (tertiary/aromatic N) is 3. The third-order valence-corrected chi connectivity index (χ3v) is 4.57. The van der Waals surface area contributed by atoms with Gasteiger partial charge in [0.2, 0.25) is 0 Å². The van der Waals surface area contributed by atoms with Gasteiger partial charge in [-0.3, -0.25) is 9.48 Å². The van der Waals surface area contributed by atoms with Gasteiger partial charge in [0.05, 0.1) is 5.56 Å². The summed E-state index contributed by atoms with van der Waals surface area (Å²) in [5.41, 5.74) is 3.97. The van der Waals surface area contributed by atoms with Gasteiger partial charge in [0.25, 0.3) is 5.91 Å². The number of hydrogen-bond donors (Lipinski definition) is 1. The van der Waals surface area contributed by atoms with Crippen molar-refractivity contribution < 1.29 is 14.1 Å². The van der Waals surface area contributed by atoms with Crippen molar-refractivity contribution in [2.24, 2.45) is 0 Å². The number of nitrogens with one attached hydrogen (secondary N) is 1. The van der Waals surface area contributed by atoms with Crippen LogP contribution in [-0.2, 0) is 13.2 Å². The third-order valence-electron chi connectivity index (χ3n) is 4.57. The molecule has 1 aromatic carbocycles. The average Bonchev–Trinajstić information content (AvgIpc) is 3.18. The number of ether oxygens (including phenoxy) is 1. The first-order valence-electron chi connectivity index (χ1n) is 9.40. The summed E-state index contributed by atoms with van der Waals surface area (Å²) in [6.45, 7) is 10.8. The van der Waals surface area contributed by atoms with Crippen LogP contribution in [0, 0.1) is 27.7 Å². The van der Waals surface area contributed by atoms with Gasteiger partial charge in [-0.25, -0.2) is 0 Å². The van der Waals surface area contributed by atoms with Crippen LogP contribution in [-0.4, -0.2) is 20.8 Å². The van der Waals surface area contributed by atoms with Crippen molar-refractivity contribution >= 4 is 11.7 Å². The highest BCUT2D eigenvalue weighted by atomic mass is 16.5. The number of rotatable bonds is 7. The zero-order valence-corrected chi connectivity index (χ0v) is 17.0. The fourth-order valence-corrected chi connectivity index (χ4v) is 2.94. The van der Waals surface area contributed by atoms with E-state index < -0.39 is 0 Å². The van der Waals surface area contributed by atoms with E-state index in [2.05, 4.69) is 22.5 Å². The van der Waals surface area contributed by atoms with Gasteiger partial charge in [0.1, 0.15) is 18.1 Å². The minimum absolute atomic E-state index is 0.200. The molecule has 0 saturated heterocycles. The first-order valence-corrected chi connectivity index (χ1v) is 9.40. The minimum atomic E-state index is -0.363. The molecule has 0 fully saturated rings. The zero-order valence-electron chi connectivity index (χ0n) is 17.0. The van der Waals surface area contributed by atoms with Gasteiger partial charge < -0.3 is 14.6 Å². The SMILES string of the molecule is CCCn1nc(NC(=O)c2noc(C)c2COc2cc(C)ccc2C)cc1C. The fraction of sp³-hybridized carbons (Fsp3) is 0.381. The van der Waals surface area contributed by atoms with Crippen LogP contribution in [0.25, 0.3) is 0 Å². The second-order valence-corrected chi connectivity index (χ2v) is 6.97. The molecule has 1 amide bonds. The average molecular weight is 382 g/mol. The summed E-state index contributed by atoms with van der Waals surface area (Å²) >= 11 is 0. The number of anilines is 1. The lowest BCUT2D eigenvalue weighted by Crippen LogP contribution is -2.16. The zero-order chi connectivity index (χ0) is 20.3. The molecule has 0 radical (unpaired) electrons. The molecule has 3 aromatic rings. The first kappa shape index (κ1) is 19.7. The largest absolute Gasteiger partial charge is 0.488 e. The second-order valence-electron chi connectivity index (χ2n) is 6.97. The van der Waals surface area contributed by atoms with Gasteiger partial charge in [-0.2, -0.15) is 5.10 Å². The van der Waals surface area contributed by atoms with E-state index >= 15 is 0 Å². The molecule has 7 nitrogen and oxygen atoms in total. The van der Waals surface area contributed by atoms with Gasteiger partial charge in [0.15, 0.2) is 11.5 Å². The maximum atomic E-state index is 12.7. The third kappa shape index (κ3) is 4.24. The Kier molecular flexibility index (Phi) is 5.82. The van der Waals surface area contributed by atoms with Crippen LogP contribution in [0.3, 0.4) is 0 Å². The Bertz CT molecular complexity index is 988. The minimum Gasteiger partial charge on any atom is -0.488 e. The highest BCUT2D eigenvalue weighted by Crippen LogP contribution is 2.23. The molecule has 2 aromatic heterocycles. The molecule has 0 aliphatic heterocycles. The summed E-state index contributed by atoms with van der Waals surface area (Å²) in [7, 11) is 0. The topological polar surface area (TPSA) is 82.2 Å². The quantitative estimate of drug-likeness (QED) is 0.657. The summed E-state index contributed by atoms with van der Waals surface area (Å²) < 4.78 is 13.1. The van der Waals surface area contributed by atoms with Crippen LogP contribution in [0.1, 0.15) is 52.0 Å². The van der Waals surface area contributed by atoms with Crippen LogP contribution in [0.2, 0.25) is 0 Å². The first-order chi connectivity index (χ1) is 13.4. The normalized spacial score (nSPS) is 10.9. The van der Waals surface area contributed by atoms with Crippen LogP contribution in [0.4, 0.5) is 5.82 Å². The molecule has 0 atom stereocenters. The molecule has 3 rings (SSSR count). The van der Waals surface area contributed by atoms with Crippen molar-refractivity contribution in [1.82, 2.24) is 14.9 Å². The molecule has 0 spiro atoms. The molecule has 148 valence electrons. The maximum Gasteiger partial charge on any atom is 0.279 e. The van der Waals surface area contributed by atoms with Gasteiger partial charge in [0, 0.05) is 18.3 Å². The summed E-state index contributed by atoms with van der Waals surface area (Å²) in [6.07, 6.45) is 0.970. The molecular formula is C21H26N4O3. The molecule has 0 aliphatic carbocycles. The van der Waals surface area contributed by atoms with Gasteiger partial charge in [-0.1, -0.05) is 24.2 Å². The highest BCUT2D eigenvalue weighted by molar-refractivity contribution is 6.03. The second kappa shape index (κ2) is 8.29. The number of carbonyl (C=O) groups is 1. The molecular weight excluding hydrogens is 356 g/mol. The highest BCUT2D eigenvalue weighted by Gasteiger charge is 2.21. The Morgan fingerprint density at radius 2 is 2.00 bits per heavy atom. The van der Waals surface area contributed by atoms with Crippen molar-refractivity contribution in [2.45, 2.75) is 54.2 Å². The van der Waals surface area contributed by atoms with E-state index in [1.54, 1.807) is 6.92 Å². The Morgan fingerprint density at radius 3 is 2.75 bits per heavy atom. The lowest BCUT2D eigenvalue weighted by atomic mass is 10.1. The van der Waals surface area contributed by atoms with Crippen molar-refractivity contribution in [2.75, 3.05) is 5.32 Å². The van der Waals surface area contributed by atoms with Gasteiger partial charge >= 0.3 is 0 Å². The van der Waals surface area contributed by atoms with Crippen molar-refractivity contribution in [3.63, 3.8) is 0 Å². The van der Waals surface area contributed by atoms with Crippen LogP contribution < -0.4 is 10.1 Å². The Hall–Kier alpha value is -3.09. The molecule has 0 bridgehead atoms. The van der Waals surface area contributed by atoms with Crippen molar-refractivity contribution in [1.29, 1.82) is 0 Å². The summed E-state index contributed by atoms with van der Waals surface area (Å²) in [6, 6.07) is 7.85. The molecule has 0 saturated carbocycles. The summed E-state index contributed by atoms with van der Waals surface area (Å²) in [5.74, 6) is 1.47. The number of carbonyl (C=O) groups excluding carboxylic acids is 1. The van der Waals surface area contributed by atoms with Gasteiger partial charge in [-0.05, 0) is 51.3 Å². The molecule has 0 aliphatic rings. The Labute approximate surface area is 164 Å². The number of aryl methyl sites for hydroxylation is 5. The Balaban J connectivity index is 1.75. The van der Waals surface area contributed by atoms with Gasteiger partial charge in [-0.15, -0.1) is 0 Å². The van der Waals surface area contributed by atoms with E-state index in [1.165, 1.54) is 0 Å². The van der Waals surface area contributed by atoms with Crippen LogP contribution in [0.5, 0.6) is 5.75 Å². The lowest BCUT2D eigenvalue weighted by molar-refractivity contribution is 0.101. The van der Waals surface area contributed by atoms with Crippen LogP contribution in [0.15, 0.2) is 28.8 Å². The standard InChI is InChI=1S/C21H26N4O3/c1-6-9-25-15(4)11-19(23-25)22-21(26)20-17(16(5)28-24-20)12-27-18-10-13(2)7-8-14(18)3/h7-8,10-11H,6,9,12H2,1-5H3,(H,22,23,26). The van der Waals surface area contributed by atoms with E-state index in [9.17, 15) is 4.79 Å². The van der Waals surface area contributed by atoms with E-state index in [0.717, 1.165) is 35.5 Å².